The molecule has 1 saturated heterocycles. The van der Waals surface area contributed by atoms with Gasteiger partial charge in [0.2, 0.25) is 0 Å². The highest BCUT2D eigenvalue weighted by Gasteiger charge is 2.29. The van der Waals surface area contributed by atoms with E-state index in [4.69, 9.17) is 9.97 Å². The van der Waals surface area contributed by atoms with E-state index < -0.39 is 0 Å². The van der Waals surface area contributed by atoms with Gasteiger partial charge >= 0.3 is 6.03 Å². The van der Waals surface area contributed by atoms with E-state index in [2.05, 4.69) is 31.0 Å². The molecule has 2 fully saturated rings. The van der Waals surface area contributed by atoms with Crippen LogP contribution in [0, 0.1) is 5.92 Å². The summed E-state index contributed by atoms with van der Waals surface area (Å²) in [4.78, 5) is 30.2. The van der Waals surface area contributed by atoms with Gasteiger partial charge in [0.1, 0.15) is 16.5 Å². The monoisotopic (exact) mass is 469 g/mol. The van der Waals surface area contributed by atoms with Crippen molar-refractivity contribution in [1.82, 2.24) is 20.2 Å². The fraction of sp³-hybridized carbons (Fsp3) is 0.731. The molecule has 180 valence electrons. The van der Waals surface area contributed by atoms with E-state index in [0.29, 0.717) is 12.0 Å². The summed E-state index contributed by atoms with van der Waals surface area (Å²) in [5.41, 5.74) is 1.50. The number of thiophene rings is 1. The van der Waals surface area contributed by atoms with Gasteiger partial charge in [-0.3, -0.25) is 0 Å². The van der Waals surface area contributed by atoms with Gasteiger partial charge in [0.25, 0.3) is 0 Å². The molecular weight excluding hydrogens is 430 g/mol. The van der Waals surface area contributed by atoms with Gasteiger partial charge < -0.3 is 15.1 Å². The SMILES string of the molecule is CC[C@H](C)c1nc(N2CCN(C(=O)NC3CCCCC3)CC2)c2c3c(sc2n1)C[C@H](C)CC3. The van der Waals surface area contributed by atoms with Crippen LogP contribution in [-0.4, -0.2) is 53.1 Å². The predicted octanol–water partition coefficient (Wildman–Crippen LogP) is 5.49. The molecule has 1 saturated carbocycles. The Morgan fingerprint density at radius 3 is 2.61 bits per heavy atom. The molecule has 33 heavy (non-hydrogen) atoms. The van der Waals surface area contributed by atoms with Crippen molar-refractivity contribution in [3.8, 4) is 0 Å². The Morgan fingerprint density at radius 1 is 1.12 bits per heavy atom. The van der Waals surface area contributed by atoms with Gasteiger partial charge in [-0.05, 0) is 50.0 Å². The number of hydrogen-bond donors (Lipinski definition) is 1. The Labute approximate surface area is 202 Å². The normalized spacial score (nSPS) is 22.9. The van der Waals surface area contributed by atoms with Gasteiger partial charge in [0.05, 0.1) is 5.39 Å². The molecule has 7 heteroatoms. The molecule has 2 aliphatic carbocycles. The zero-order valence-corrected chi connectivity index (χ0v) is 21.3. The first-order chi connectivity index (χ1) is 16.0. The first kappa shape index (κ1) is 22.9. The molecule has 1 aliphatic heterocycles. The van der Waals surface area contributed by atoms with E-state index in [0.717, 1.165) is 69.4 Å². The lowest BCUT2D eigenvalue weighted by atomic mass is 9.89. The van der Waals surface area contributed by atoms with Gasteiger partial charge in [-0.2, -0.15) is 0 Å². The third-order valence-corrected chi connectivity index (χ3v) is 9.15. The number of anilines is 1. The van der Waals surface area contributed by atoms with Crippen molar-refractivity contribution in [1.29, 1.82) is 0 Å². The second-order valence-corrected chi connectivity index (χ2v) is 11.6. The Balaban J connectivity index is 1.37. The summed E-state index contributed by atoms with van der Waals surface area (Å²) in [5, 5.41) is 4.59. The number of piperazine rings is 1. The van der Waals surface area contributed by atoms with Crippen molar-refractivity contribution in [2.75, 3.05) is 31.1 Å². The van der Waals surface area contributed by atoms with Gasteiger partial charge in [-0.1, -0.05) is 40.0 Å². The van der Waals surface area contributed by atoms with Crippen LogP contribution in [0.25, 0.3) is 10.2 Å². The summed E-state index contributed by atoms with van der Waals surface area (Å²) < 4.78 is 0. The maximum Gasteiger partial charge on any atom is 0.317 e. The number of nitrogens with zero attached hydrogens (tertiary/aromatic N) is 4. The lowest BCUT2D eigenvalue weighted by Crippen LogP contribution is -2.54. The molecule has 2 aromatic heterocycles. The maximum absolute atomic E-state index is 12.9. The lowest BCUT2D eigenvalue weighted by Gasteiger charge is -2.37. The van der Waals surface area contributed by atoms with Gasteiger partial charge in [0.15, 0.2) is 0 Å². The molecule has 3 heterocycles. The maximum atomic E-state index is 12.9. The van der Waals surface area contributed by atoms with Crippen LogP contribution in [0.2, 0.25) is 0 Å². The Bertz CT molecular complexity index is 990. The molecule has 2 aromatic rings. The average Bonchev–Trinajstić information content (AvgIpc) is 3.21. The minimum atomic E-state index is 0.122. The zero-order chi connectivity index (χ0) is 22.9. The van der Waals surface area contributed by atoms with Crippen molar-refractivity contribution in [3.63, 3.8) is 0 Å². The van der Waals surface area contributed by atoms with Crippen LogP contribution in [0.4, 0.5) is 10.6 Å². The van der Waals surface area contributed by atoms with E-state index in [1.807, 2.05) is 16.2 Å². The number of amides is 2. The molecule has 0 aromatic carbocycles. The van der Waals surface area contributed by atoms with Crippen LogP contribution in [0.5, 0.6) is 0 Å². The number of urea groups is 1. The van der Waals surface area contributed by atoms with E-state index in [-0.39, 0.29) is 6.03 Å². The minimum Gasteiger partial charge on any atom is -0.352 e. The molecule has 0 radical (unpaired) electrons. The summed E-state index contributed by atoms with van der Waals surface area (Å²) in [6.45, 7) is 9.99. The number of nitrogens with one attached hydrogen (secondary N) is 1. The zero-order valence-electron chi connectivity index (χ0n) is 20.5. The second-order valence-electron chi connectivity index (χ2n) is 10.5. The standard InChI is InChI=1S/C26H39N5OS/c1-4-18(3)23-28-24(22-20-11-10-17(2)16-21(20)33-25(22)29-23)30-12-14-31(15-13-30)26(32)27-19-8-6-5-7-9-19/h17-19H,4-16H2,1-3H3,(H,27,32)/t17-,18+/m1/s1. The Morgan fingerprint density at radius 2 is 1.88 bits per heavy atom. The van der Waals surface area contributed by atoms with Crippen molar-refractivity contribution < 1.29 is 4.79 Å². The van der Waals surface area contributed by atoms with Crippen molar-refractivity contribution >= 4 is 33.4 Å². The van der Waals surface area contributed by atoms with E-state index in [1.54, 1.807) is 0 Å². The Hall–Kier alpha value is -1.89. The van der Waals surface area contributed by atoms with Gasteiger partial charge in [-0.15, -0.1) is 11.3 Å². The van der Waals surface area contributed by atoms with Crippen molar-refractivity contribution in [2.45, 2.75) is 90.5 Å². The molecule has 0 unspecified atom stereocenters. The number of rotatable bonds is 4. The summed E-state index contributed by atoms with van der Waals surface area (Å²) >= 11 is 1.90. The molecule has 1 N–H and O–H groups in total. The highest BCUT2D eigenvalue weighted by atomic mass is 32.1. The molecule has 0 bridgehead atoms. The predicted molar refractivity (Wildman–Crippen MR) is 137 cm³/mol. The third kappa shape index (κ3) is 4.71. The number of carbonyl (C=O) groups is 1. The largest absolute Gasteiger partial charge is 0.352 e. The highest BCUT2D eigenvalue weighted by Crippen LogP contribution is 2.42. The van der Waals surface area contributed by atoms with Crippen LogP contribution >= 0.6 is 11.3 Å². The molecule has 6 nitrogen and oxygen atoms in total. The smallest absolute Gasteiger partial charge is 0.317 e. The number of carbonyl (C=O) groups excluding carboxylic acids is 1. The van der Waals surface area contributed by atoms with Gasteiger partial charge in [-0.25, -0.2) is 14.8 Å². The second kappa shape index (κ2) is 9.77. The summed E-state index contributed by atoms with van der Waals surface area (Å²) in [5.74, 6) is 3.20. The molecule has 2 amide bonds. The summed E-state index contributed by atoms with van der Waals surface area (Å²) in [7, 11) is 0. The van der Waals surface area contributed by atoms with Crippen LogP contribution < -0.4 is 10.2 Å². The molecule has 0 spiro atoms. The number of fused-ring (bicyclic) bond motifs is 3. The van der Waals surface area contributed by atoms with Crippen LogP contribution in [-0.2, 0) is 12.8 Å². The first-order valence-corrected chi connectivity index (χ1v) is 14.0. The molecular formula is C26H39N5OS. The van der Waals surface area contributed by atoms with E-state index in [9.17, 15) is 4.79 Å². The third-order valence-electron chi connectivity index (χ3n) is 8.01. The number of aryl methyl sites for hydroxylation is 1. The van der Waals surface area contributed by atoms with Crippen molar-refractivity contribution in [2.24, 2.45) is 5.92 Å². The number of aromatic nitrogens is 2. The fourth-order valence-corrected chi connectivity index (χ4v) is 6.99. The summed E-state index contributed by atoms with van der Waals surface area (Å²) in [6.07, 6.45) is 10.7. The molecule has 3 aliphatic rings. The van der Waals surface area contributed by atoms with Crippen LogP contribution in [0.15, 0.2) is 0 Å². The Kier molecular flexibility index (Phi) is 6.77. The lowest BCUT2D eigenvalue weighted by molar-refractivity contribution is 0.186. The minimum absolute atomic E-state index is 0.122. The van der Waals surface area contributed by atoms with Gasteiger partial charge in [0, 0.05) is 43.0 Å². The topological polar surface area (TPSA) is 61.4 Å². The molecule has 5 rings (SSSR count). The van der Waals surface area contributed by atoms with Crippen LogP contribution in [0.3, 0.4) is 0 Å². The fourth-order valence-electron chi connectivity index (χ4n) is 5.61. The van der Waals surface area contributed by atoms with Crippen molar-refractivity contribution in [3.05, 3.63) is 16.3 Å². The highest BCUT2D eigenvalue weighted by molar-refractivity contribution is 7.19. The number of hydrogen-bond acceptors (Lipinski definition) is 5. The van der Waals surface area contributed by atoms with E-state index in [1.165, 1.54) is 52.8 Å². The van der Waals surface area contributed by atoms with Crippen LogP contribution in [0.1, 0.15) is 87.9 Å². The quantitative estimate of drug-likeness (QED) is 0.643. The average molecular weight is 470 g/mol. The first-order valence-electron chi connectivity index (χ1n) is 13.2. The molecule has 2 atom stereocenters. The summed E-state index contributed by atoms with van der Waals surface area (Å²) in [6, 6.07) is 0.486. The van der Waals surface area contributed by atoms with E-state index >= 15 is 0 Å².